The topological polar surface area (TPSA) is 16.8 Å². The van der Waals surface area contributed by atoms with Gasteiger partial charge in [0.25, 0.3) is 0 Å². The molecule has 120 valence electrons. The van der Waals surface area contributed by atoms with E-state index in [9.17, 15) is 0 Å². The zero-order valence-electron chi connectivity index (χ0n) is 17.5. The number of aromatic nitrogens is 2. The van der Waals surface area contributed by atoms with Crippen molar-refractivity contribution < 1.29 is 8.68 Å². The Labute approximate surface area is 148 Å². The van der Waals surface area contributed by atoms with Gasteiger partial charge >= 0.3 is 0 Å². The highest BCUT2D eigenvalue weighted by molar-refractivity contribution is 5.86. The number of rotatable bonds is 1. The molecule has 0 fully saturated rings. The van der Waals surface area contributed by atoms with Gasteiger partial charge in [-0.2, -0.15) is 4.57 Å². The first-order valence-electron chi connectivity index (χ1n) is 9.74. The van der Waals surface area contributed by atoms with E-state index < -0.39 is 6.85 Å². The van der Waals surface area contributed by atoms with Gasteiger partial charge in [-0.15, -0.1) is 0 Å². The van der Waals surface area contributed by atoms with Crippen molar-refractivity contribution in [1.82, 2.24) is 4.98 Å². The van der Waals surface area contributed by atoms with Gasteiger partial charge in [0.2, 0.25) is 5.69 Å². The Morgan fingerprint density at radius 2 is 1.92 bits per heavy atom. The highest BCUT2D eigenvalue weighted by atomic mass is 14.9. The van der Waals surface area contributed by atoms with Gasteiger partial charge in [-0.25, -0.2) is 0 Å². The quantitative estimate of drug-likeness (QED) is 0.604. The van der Waals surface area contributed by atoms with E-state index in [0.29, 0.717) is 5.69 Å². The fourth-order valence-corrected chi connectivity index (χ4v) is 3.98. The lowest BCUT2D eigenvalue weighted by Crippen LogP contribution is -2.35. The highest BCUT2D eigenvalue weighted by Crippen LogP contribution is 2.51. The maximum atomic E-state index is 7.87. The van der Waals surface area contributed by atoms with Crippen LogP contribution in [0.1, 0.15) is 40.3 Å². The summed E-state index contributed by atoms with van der Waals surface area (Å²) < 4.78 is 25.4. The summed E-state index contributed by atoms with van der Waals surface area (Å²) in [4.78, 5) is 4.64. The smallest absolute Gasteiger partial charge is 0.213 e. The fraction of sp³-hybridized carbons (Fsp3) is 0.273. The highest BCUT2D eigenvalue weighted by Gasteiger charge is 2.40. The van der Waals surface area contributed by atoms with Gasteiger partial charge in [-0.05, 0) is 35.7 Å². The van der Waals surface area contributed by atoms with E-state index in [4.69, 9.17) is 4.11 Å². The summed E-state index contributed by atoms with van der Waals surface area (Å²) in [6.07, 6.45) is 1.83. The molecule has 2 heteroatoms. The Morgan fingerprint density at radius 1 is 1.08 bits per heavy atom. The van der Waals surface area contributed by atoms with Crippen molar-refractivity contribution in [3.8, 4) is 22.5 Å². The first kappa shape index (κ1) is 12.0. The second-order valence-corrected chi connectivity index (χ2v) is 7.06. The molecule has 0 saturated heterocycles. The molecule has 1 aromatic carbocycles. The lowest BCUT2D eigenvalue weighted by molar-refractivity contribution is -0.666. The number of hydrogen-bond donors (Lipinski definition) is 0. The molecule has 0 spiro atoms. The van der Waals surface area contributed by atoms with Gasteiger partial charge in [0.15, 0.2) is 5.69 Å². The van der Waals surface area contributed by atoms with Crippen LogP contribution in [0.3, 0.4) is 0 Å². The second-order valence-electron chi connectivity index (χ2n) is 7.06. The molecular weight excluding hydrogens is 292 g/mol. The van der Waals surface area contributed by atoms with Crippen molar-refractivity contribution in [1.29, 1.82) is 0 Å². The van der Waals surface area contributed by atoms with Gasteiger partial charge in [0, 0.05) is 40.3 Å². The molecule has 0 bridgehead atoms. The standard InChI is InChI=1S/C22H23N2/c1-14-11-12-16-20(19(14)18-10-6-8-15(2)24(18)5)22(3,4)17-9-7-13-23-21(16)17/h6-13H,1-5H3/q+1/i2D3. The lowest BCUT2D eigenvalue weighted by atomic mass is 9.78. The van der Waals surface area contributed by atoms with E-state index in [-0.39, 0.29) is 5.41 Å². The molecule has 1 aliphatic rings. The third kappa shape index (κ3) is 1.89. The van der Waals surface area contributed by atoms with E-state index in [1.54, 1.807) is 6.07 Å². The van der Waals surface area contributed by atoms with Crippen LogP contribution in [0.25, 0.3) is 22.5 Å². The third-order valence-corrected chi connectivity index (χ3v) is 5.26. The molecule has 3 aromatic rings. The molecule has 2 heterocycles. The molecule has 0 atom stereocenters. The van der Waals surface area contributed by atoms with Crippen molar-refractivity contribution in [3.63, 3.8) is 0 Å². The Kier molecular flexibility index (Phi) is 2.50. The molecular formula is C22H23N2+. The first-order valence-corrected chi connectivity index (χ1v) is 8.24. The van der Waals surface area contributed by atoms with Crippen molar-refractivity contribution >= 4 is 0 Å². The Bertz CT molecular complexity index is 1070. The lowest BCUT2D eigenvalue weighted by Gasteiger charge is -2.24. The number of pyridine rings is 2. The summed E-state index contributed by atoms with van der Waals surface area (Å²) in [6.45, 7) is 4.37. The van der Waals surface area contributed by atoms with E-state index in [2.05, 4.69) is 44.0 Å². The van der Waals surface area contributed by atoms with E-state index in [1.165, 1.54) is 11.1 Å². The number of nitrogens with zero attached hydrogens (tertiary/aromatic N) is 2. The van der Waals surface area contributed by atoms with E-state index in [0.717, 1.165) is 28.1 Å². The zero-order chi connectivity index (χ0) is 19.6. The monoisotopic (exact) mass is 318 g/mol. The predicted octanol–water partition coefficient (Wildman–Crippen LogP) is 4.50. The minimum absolute atomic E-state index is 0.205. The predicted molar refractivity (Wildman–Crippen MR) is 97.9 cm³/mol. The summed E-state index contributed by atoms with van der Waals surface area (Å²) in [7, 11) is 1.84. The average molecular weight is 318 g/mol. The maximum absolute atomic E-state index is 7.87. The summed E-state index contributed by atoms with van der Waals surface area (Å²) in [6, 6.07) is 13.9. The molecule has 2 nitrogen and oxygen atoms in total. The molecule has 0 aliphatic heterocycles. The molecule has 0 saturated carbocycles. The summed E-state index contributed by atoms with van der Waals surface area (Å²) in [5, 5.41) is 0. The van der Waals surface area contributed by atoms with Gasteiger partial charge in [0.05, 0.1) is 11.3 Å². The van der Waals surface area contributed by atoms with Gasteiger partial charge < -0.3 is 0 Å². The first-order chi connectivity index (χ1) is 12.6. The Hall–Kier alpha value is -2.48. The molecule has 0 amide bonds. The average Bonchev–Trinajstić information content (AvgIpc) is 2.83. The van der Waals surface area contributed by atoms with Crippen LogP contribution in [0.5, 0.6) is 0 Å². The van der Waals surface area contributed by atoms with Crippen LogP contribution in [0.2, 0.25) is 0 Å². The number of benzene rings is 1. The second kappa shape index (κ2) is 5.01. The van der Waals surface area contributed by atoms with Crippen molar-refractivity contribution in [2.45, 2.75) is 33.0 Å². The largest absolute Gasteiger partial charge is 0.256 e. The molecule has 0 radical (unpaired) electrons. The minimum Gasteiger partial charge on any atom is -0.256 e. The molecule has 2 aromatic heterocycles. The zero-order valence-corrected chi connectivity index (χ0v) is 14.5. The van der Waals surface area contributed by atoms with Crippen molar-refractivity contribution in [3.05, 3.63) is 71.0 Å². The fourth-order valence-electron chi connectivity index (χ4n) is 3.98. The van der Waals surface area contributed by atoms with Crippen LogP contribution in [-0.2, 0) is 12.5 Å². The van der Waals surface area contributed by atoms with Crippen LogP contribution in [0.4, 0.5) is 0 Å². The van der Waals surface area contributed by atoms with Gasteiger partial charge in [-0.1, -0.05) is 32.0 Å². The number of fused-ring (bicyclic) bond motifs is 3. The summed E-state index contributed by atoms with van der Waals surface area (Å²) in [5.74, 6) is 0. The normalized spacial score (nSPS) is 16.8. The minimum atomic E-state index is -2.16. The third-order valence-electron chi connectivity index (χ3n) is 5.26. The van der Waals surface area contributed by atoms with Crippen molar-refractivity contribution in [2.75, 3.05) is 0 Å². The number of aryl methyl sites for hydroxylation is 2. The van der Waals surface area contributed by atoms with Crippen LogP contribution in [0.15, 0.2) is 48.7 Å². The Morgan fingerprint density at radius 3 is 2.71 bits per heavy atom. The number of hydrogen-bond acceptors (Lipinski definition) is 1. The van der Waals surface area contributed by atoms with Crippen LogP contribution >= 0.6 is 0 Å². The molecule has 24 heavy (non-hydrogen) atoms. The van der Waals surface area contributed by atoms with Crippen molar-refractivity contribution in [2.24, 2.45) is 7.05 Å². The van der Waals surface area contributed by atoms with E-state index >= 15 is 0 Å². The maximum Gasteiger partial charge on any atom is 0.213 e. The SMILES string of the molecule is [2H]C([2H])([2H])c1cccc(-c2c(C)ccc3c2C(C)(C)c2cccnc2-3)[n+]1C. The summed E-state index contributed by atoms with van der Waals surface area (Å²) >= 11 is 0. The molecule has 1 aliphatic carbocycles. The van der Waals surface area contributed by atoms with E-state index in [1.807, 2.05) is 36.0 Å². The van der Waals surface area contributed by atoms with Crippen LogP contribution in [0, 0.1) is 13.8 Å². The molecule has 0 N–H and O–H groups in total. The van der Waals surface area contributed by atoms with Gasteiger partial charge in [0.1, 0.15) is 7.05 Å². The Balaban J connectivity index is 2.07. The molecule has 0 unspecified atom stereocenters. The molecule has 4 rings (SSSR count). The van der Waals surface area contributed by atoms with Crippen LogP contribution in [-0.4, -0.2) is 4.98 Å². The van der Waals surface area contributed by atoms with Crippen LogP contribution < -0.4 is 4.57 Å². The van der Waals surface area contributed by atoms with Gasteiger partial charge in [-0.3, -0.25) is 4.98 Å². The summed E-state index contributed by atoms with van der Waals surface area (Å²) in [5.41, 5.74) is 7.86.